The Balaban J connectivity index is 1.79. The molecule has 1 heterocycles. The van der Waals surface area contributed by atoms with E-state index in [4.69, 9.17) is 0 Å². The largest absolute Gasteiger partial charge is 0.302 e. The van der Waals surface area contributed by atoms with Gasteiger partial charge in [-0.05, 0) is 49.5 Å². The van der Waals surface area contributed by atoms with Gasteiger partial charge in [0.05, 0.1) is 0 Å². The summed E-state index contributed by atoms with van der Waals surface area (Å²) < 4.78 is 24.3. The number of rotatable bonds is 5. The summed E-state index contributed by atoms with van der Waals surface area (Å²) in [5, 5.41) is 0. The lowest BCUT2D eigenvalue weighted by Gasteiger charge is -2.32. The first-order valence-electron chi connectivity index (χ1n) is 7.02. The maximum absolute atomic E-state index is 12.9. The van der Waals surface area contributed by atoms with Crippen LogP contribution in [-0.2, 0) is 10.8 Å². The van der Waals surface area contributed by atoms with Crippen molar-refractivity contribution in [1.82, 2.24) is 4.90 Å². The summed E-state index contributed by atoms with van der Waals surface area (Å²) in [6.07, 6.45) is 2.23. The number of halogens is 1. The van der Waals surface area contributed by atoms with Crippen LogP contribution in [0.1, 0.15) is 31.2 Å². The molecular weight excluding hydrogens is 261 g/mol. The van der Waals surface area contributed by atoms with E-state index >= 15 is 0 Å². The van der Waals surface area contributed by atoms with E-state index in [1.54, 1.807) is 12.1 Å². The van der Waals surface area contributed by atoms with Crippen LogP contribution in [0, 0.1) is 5.82 Å². The minimum absolute atomic E-state index is 0.164. The number of piperidine rings is 1. The van der Waals surface area contributed by atoms with Gasteiger partial charge in [-0.1, -0.05) is 19.1 Å². The normalized spacial score (nSPS) is 19.5. The van der Waals surface area contributed by atoms with E-state index in [1.165, 1.54) is 5.56 Å². The lowest BCUT2D eigenvalue weighted by molar-refractivity contribution is 0.223. The van der Waals surface area contributed by atoms with Crippen molar-refractivity contribution in [3.05, 3.63) is 35.6 Å². The summed E-state index contributed by atoms with van der Waals surface area (Å²) in [7, 11) is -0.659. The van der Waals surface area contributed by atoms with Crippen molar-refractivity contribution in [3.63, 3.8) is 0 Å². The van der Waals surface area contributed by atoms with E-state index < -0.39 is 10.8 Å². The Hall–Kier alpha value is -0.740. The van der Waals surface area contributed by atoms with Crippen LogP contribution < -0.4 is 0 Å². The molecule has 1 saturated heterocycles. The monoisotopic (exact) mass is 283 g/mol. The van der Waals surface area contributed by atoms with Crippen LogP contribution in [0.2, 0.25) is 0 Å². The van der Waals surface area contributed by atoms with E-state index in [-0.39, 0.29) is 5.82 Å². The minimum Gasteiger partial charge on any atom is -0.302 e. The van der Waals surface area contributed by atoms with Crippen LogP contribution in [0.3, 0.4) is 0 Å². The fraction of sp³-hybridized carbons (Fsp3) is 0.600. The Morgan fingerprint density at radius 3 is 2.47 bits per heavy atom. The topological polar surface area (TPSA) is 20.3 Å². The van der Waals surface area contributed by atoms with Gasteiger partial charge < -0.3 is 4.90 Å². The Morgan fingerprint density at radius 2 is 1.89 bits per heavy atom. The molecule has 1 fully saturated rings. The lowest BCUT2D eigenvalue weighted by Crippen LogP contribution is -2.35. The van der Waals surface area contributed by atoms with Gasteiger partial charge in [0, 0.05) is 28.9 Å². The Morgan fingerprint density at radius 1 is 1.26 bits per heavy atom. The fourth-order valence-corrected chi connectivity index (χ4v) is 3.35. The van der Waals surface area contributed by atoms with Crippen LogP contribution in [0.4, 0.5) is 4.39 Å². The molecule has 4 heteroatoms. The maximum atomic E-state index is 12.9. The Kier molecular flexibility index (Phi) is 5.52. The third kappa shape index (κ3) is 4.39. The SMILES string of the molecule is CCS(=O)CCN1CCC(c2ccc(F)cc2)CC1. The second kappa shape index (κ2) is 7.15. The zero-order chi connectivity index (χ0) is 13.7. The molecular formula is C15H22FNOS. The molecule has 0 amide bonds. The van der Waals surface area contributed by atoms with Crippen molar-refractivity contribution in [2.75, 3.05) is 31.1 Å². The van der Waals surface area contributed by atoms with Gasteiger partial charge >= 0.3 is 0 Å². The second-order valence-corrected chi connectivity index (χ2v) is 6.97. The average Bonchev–Trinajstić information content (AvgIpc) is 2.46. The number of hydrogen-bond acceptors (Lipinski definition) is 2. The van der Waals surface area contributed by atoms with Gasteiger partial charge in [-0.2, -0.15) is 0 Å². The van der Waals surface area contributed by atoms with E-state index in [2.05, 4.69) is 4.90 Å². The molecule has 0 N–H and O–H groups in total. The maximum Gasteiger partial charge on any atom is 0.123 e. The summed E-state index contributed by atoms with van der Waals surface area (Å²) >= 11 is 0. The van der Waals surface area contributed by atoms with Crippen molar-refractivity contribution in [2.24, 2.45) is 0 Å². The number of hydrogen-bond donors (Lipinski definition) is 0. The Labute approximate surface area is 117 Å². The molecule has 106 valence electrons. The van der Waals surface area contributed by atoms with Gasteiger partial charge in [0.2, 0.25) is 0 Å². The van der Waals surface area contributed by atoms with E-state index in [0.29, 0.717) is 5.92 Å². The molecule has 0 aromatic heterocycles. The summed E-state index contributed by atoms with van der Waals surface area (Å²) in [5.41, 5.74) is 1.25. The van der Waals surface area contributed by atoms with Crippen LogP contribution in [0.15, 0.2) is 24.3 Å². The first kappa shape index (κ1) is 14.7. The van der Waals surface area contributed by atoms with Gasteiger partial charge in [0.15, 0.2) is 0 Å². The first-order chi connectivity index (χ1) is 9.19. The molecule has 1 unspecified atom stereocenters. The third-order valence-electron chi connectivity index (χ3n) is 3.89. The Bertz CT molecular complexity index is 413. The molecule has 2 nitrogen and oxygen atoms in total. The van der Waals surface area contributed by atoms with Crippen LogP contribution >= 0.6 is 0 Å². The smallest absolute Gasteiger partial charge is 0.123 e. The molecule has 0 bridgehead atoms. The van der Waals surface area contributed by atoms with Gasteiger partial charge in [-0.3, -0.25) is 4.21 Å². The van der Waals surface area contributed by atoms with Crippen LogP contribution in [-0.4, -0.2) is 40.2 Å². The van der Waals surface area contributed by atoms with Gasteiger partial charge in [0.1, 0.15) is 5.82 Å². The minimum atomic E-state index is -0.659. The van der Waals surface area contributed by atoms with Crippen molar-refractivity contribution in [3.8, 4) is 0 Å². The van der Waals surface area contributed by atoms with Crippen molar-refractivity contribution in [2.45, 2.75) is 25.7 Å². The number of likely N-dealkylation sites (tertiary alicyclic amines) is 1. The van der Waals surface area contributed by atoms with Crippen molar-refractivity contribution < 1.29 is 8.60 Å². The average molecular weight is 283 g/mol. The highest BCUT2D eigenvalue weighted by atomic mass is 32.2. The van der Waals surface area contributed by atoms with E-state index in [9.17, 15) is 8.60 Å². The quantitative estimate of drug-likeness (QED) is 0.828. The molecule has 1 aromatic rings. The summed E-state index contributed by atoms with van der Waals surface area (Å²) in [4.78, 5) is 2.40. The highest BCUT2D eigenvalue weighted by Gasteiger charge is 2.20. The molecule has 0 radical (unpaired) electrons. The molecule has 1 aromatic carbocycles. The third-order valence-corrected chi connectivity index (χ3v) is 5.17. The zero-order valence-corrected chi connectivity index (χ0v) is 12.3. The van der Waals surface area contributed by atoms with Crippen molar-refractivity contribution >= 4 is 10.8 Å². The van der Waals surface area contributed by atoms with Gasteiger partial charge in [0.25, 0.3) is 0 Å². The molecule has 0 spiro atoms. The molecule has 0 aliphatic carbocycles. The molecule has 0 saturated carbocycles. The highest BCUT2D eigenvalue weighted by molar-refractivity contribution is 7.84. The van der Waals surface area contributed by atoms with Crippen LogP contribution in [0.5, 0.6) is 0 Å². The van der Waals surface area contributed by atoms with E-state index in [0.717, 1.165) is 44.0 Å². The number of nitrogens with zero attached hydrogens (tertiary/aromatic N) is 1. The van der Waals surface area contributed by atoms with Gasteiger partial charge in [-0.15, -0.1) is 0 Å². The lowest BCUT2D eigenvalue weighted by atomic mass is 9.89. The predicted octanol–water partition coefficient (Wildman–Crippen LogP) is 2.77. The molecule has 19 heavy (non-hydrogen) atoms. The number of benzene rings is 1. The molecule has 1 atom stereocenters. The molecule has 2 rings (SSSR count). The van der Waals surface area contributed by atoms with Crippen molar-refractivity contribution in [1.29, 1.82) is 0 Å². The zero-order valence-electron chi connectivity index (χ0n) is 11.5. The molecule has 1 aliphatic heterocycles. The fourth-order valence-electron chi connectivity index (χ4n) is 2.60. The molecule has 1 aliphatic rings. The summed E-state index contributed by atoms with van der Waals surface area (Å²) in [6.45, 7) is 5.03. The predicted molar refractivity (Wildman–Crippen MR) is 78.4 cm³/mol. The van der Waals surface area contributed by atoms with Crippen LogP contribution in [0.25, 0.3) is 0 Å². The first-order valence-corrected chi connectivity index (χ1v) is 8.50. The summed E-state index contributed by atoms with van der Waals surface area (Å²) in [6, 6.07) is 6.90. The highest BCUT2D eigenvalue weighted by Crippen LogP contribution is 2.27. The standard InChI is InChI=1S/C15H22FNOS/c1-2-19(18)12-11-17-9-7-14(8-10-17)13-3-5-15(16)6-4-13/h3-6,14H,2,7-12H2,1H3. The summed E-state index contributed by atoms with van der Waals surface area (Å²) in [5.74, 6) is 1.93. The second-order valence-electron chi connectivity index (χ2n) is 5.10. The van der Waals surface area contributed by atoms with E-state index in [1.807, 2.05) is 19.1 Å². The van der Waals surface area contributed by atoms with Gasteiger partial charge in [-0.25, -0.2) is 4.39 Å².